The van der Waals surface area contributed by atoms with Gasteiger partial charge in [0.2, 0.25) is 0 Å². The molecule has 120 valence electrons. The molecule has 24 heavy (non-hydrogen) atoms. The molecule has 0 saturated heterocycles. The van der Waals surface area contributed by atoms with Crippen molar-refractivity contribution in [1.29, 1.82) is 0 Å². The fourth-order valence-corrected chi connectivity index (χ4v) is 2.25. The van der Waals surface area contributed by atoms with Crippen LogP contribution in [0.5, 0.6) is 0 Å². The van der Waals surface area contributed by atoms with Gasteiger partial charge in [-0.3, -0.25) is 4.79 Å². The lowest BCUT2D eigenvalue weighted by Crippen LogP contribution is -2.25. The number of rotatable bonds is 5. The Hall–Kier alpha value is -3.21. The summed E-state index contributed by atoms with van der Waals surface area (Å²) in [5.74, 6) is -0.572. The number of amides is 1. The van der Waals surface area contributed by atoms with Crippen molar-refractivity contribution in [3.8, 4) is 0 Å². The van der Waals surface area contributed by atoms with E-state index in [2.05, 4.69) is 15.8 Å². The Morgan fingerprint density at radius 2 is 1.75 bits per heavy atom. The fraction of sp³-hybridized carbons (Fsp3) is 0.0526. The molecule has 0 spiro atoms. The molecule has 0 aromatic heterocycles. The van der Waals surface area contributed by atoms with Gasteiger partial charge in [-0.05, 0) is 40.6 Å². The van der Waals surface area contributed by atoms with Crippen LogP contribution < -0.4 is 10.7 Å². The molecule has 2 N–H and O–H groups in total. The topological polar surface area (TPSA) is 53.5 Å². The summed E-state index contributed by atoms with van der Waals surface area (Å²) in [6, 6.07) is 19.8. The van der Waals surface area contributed by atoms with Crippen LogP contribution in [0.25, 0.3) is 10.8 Å². The summed E-state index contributed by atoms with van der Waals surface area (Å²) in [4.78, 5) is 11.8. The van der Waals surface area contributed by atoms with Gasteiger partial charge in [-0.25, -0.2) is 9.82 Å². The van der Waals surface area contributed by atoms with Crippen LogP contribution >= 0.6 is 0 Å². The van der Waals surface area contributed by atoms with Gasteiger partial charge in [0.1, 0.15) is 5.82 Å². The Bertz CT molecular complexity index is 875. The maximum Gasteiger partial charge on any atom is 0.259 e. The third kappa shape index (κ3) is 4.16. The maximum atomic E-state index is 12.8. The van der Waals surface area contributed by atoms with Gasteiger partial charge in [-0.1, -0.05) is 42.5 Å². The minimum atomic E-state index is -0.309. The smallest absolute Gasteiger partial charge is 0.259 e. The zero-order chi connectivity index (χ0) is 16.8. The van der Waals surface area contributed by atoms with Gasteiger partial charge in [0.05, 0.1) is 12.8 Å². The first-order valence-corrected chi connectivity index (χ1v) is 7.51. The maximum absolute atomic E-state index is 12.8. The molecule has 3 aromatic carbocycles. The van der Waals surface area contributed by atoms with Crippen molar-refractivity contribution in [3.63, 3.8) is 0 Å². The van der Waals surface area contributed by atoms with Crippen LogP contribution in [0.3, 0.4) is 0 Å². The Labute approximate surface area is 139 Å². The molecule has 0 atom stereocenters. The summed E-state index contributed by atoms with van der Waals surface area (Å²) in [6.45, 7) is 0.110. The number of anilines is 1. The van der Waals surface area contributed by atoms with Gasteiger partial charge >= 0.3 is 0 Å². The van der Waals surface area contributed by atoms with Crippen LogP contribution in [0.1, 0.15) is 5.56 Å². The summed E-state index contributed by atoms with van der Waals surface area (Å²) in [6.07, 6.45) is 1.47. The lowest BCUT2D eigenvalue weighted by Gasteiger charge is -2.06. The molecule has 3 rings (SSSR count). The highest BCUT2D eigenvalue weighted by Crippen LogP contribution is 2.18. The van der Waals surface area contributed by atoms with Crippen LogP contribution in [-0.2, 0) is 4.79 Å². The van der Waals surface area contributed by atoms with Gasteiger partial charge < -0.3 is 5.32 Å². The van der Waals surface area contributed by atoms with Crippen molar-refractivity contribution >= 4 is 28.6 Å². The van der Waals surface area contributed by atoms with Gasteiger partial charge in [0.15, 0.2) is 0 Å². The Morgan fingerprint density at radius 1 is 1.00 bits per heavy atom. The molecule has 0 saturated carbocycles. The van der Waals surface area contributed by atoms with E-state index in [9.17, 15) is 9.18 Å². The standard InChI is InChI=1S/C19H16FN3O/c20-17-8-5-14(6-9-17)12-22-23-19(24)13-21-18-10-7-15-3-1-2-4-16(15)11-18/h1-12,21H,13H2,(H,23,24). The van der Waals surface area contributed by atoms with Crippen LogP contribution in [0, 0.1) is 5.82 Å². The number of hydrazone groups is 1. The average molecular weight is 321 g/mol. The molecular formula is C19H16FN3O. The first-order valence-electron chi connectivity index (χ1n) is 7.51. The van der Waals surface area contributed by atoms with E-state index in [0.717, 1.165) is 16.5 Å². The van der Waals surface area contributed by atoms with Crippen molar-refractivity contribution in [2.24, 2.45) is 5.10 Å². The number of nitrogens with zero attached hydrogens (tertiary/aromatic N) is 1. The molecule has 0 unspecified atom stereocenters. The van der Waals surface area contributed by atoms with Crippen molar-refractivity contribution < 1.29 is 9.18 Å². The summed E-state index contributed by atoms with van der Waals surface area (Å²) in [5.41, 5.74) is 4.00. The molecule has 3 aromatic rings. The van der Waals surface area contributed by atoms with Crippen molar-refractivity contribution in [2.75, 3.05) is 11.9 Å². The SMILES string of the molecule is O=C(CNc1ccc2ccccc2c1)NN=Cc1ccc(F)cc1. The predicted octanol–water partition coefficient (Wildman–Crippen LogP) is 3.54. The highest BCUT2D eigenvalue weighted by atomic mass is 19.1. The minimum Gasteiger partial charge on any atom is -0.376 e. The first kappa shape index (κ1) is 15.7. The zero-order valence-corrected chi connectivity index (χ0v) is 12.9. The second kappa shape index (κ2) is 7.37. The van der Waals surface area contributed by atoms with E-state index in [-0.39, 0.29) is 18.3 Å². The zero-order valence-electron chi connectivity index (χ0n) is 12.9. The van der Waals surface area contributed by atoms with Gasteiger partial charge in [-0.15, -0.1) is 0 Å². The molecule has 0 bridgehead atoms. The molecule has 0 radical (unpaired) electrons. The first-order chi connectivity index (χ1) is 11.7. The van der Waals surface area contributed by atoms with E-state index < -0.39 is 0 Å². The Kier molecular flexibility index (Phi) is 4.81. The van der Waals surface area contributed by atoms with Gasteiger partial charge in [0.25, 0.3) is 5.91 Å². The summed E-state index contributed by atoms with van der Waals surface area (Å²) >= 11 is 0. The van der Waals surface area contributed by atoms with Crippen LogP contribution in [0.2, 0.25) is 0 Å². The number of carbonyl (C=O) groups is 1. The average Bonchev–Trinajstić information content (AvgIpc) is 2.61. The lowest BCUT2D eigenvalue weighted by atomic mass is 10.1. The Morgan fingerprint density at radius 3 is 2.54 bits per heavy atom. The Balaban J connectivity index is 1.52. The molecular weight excluding hydrogens is 305 g/mol. The summed E-state index contributed by atoms with van der Waals surface area (Å²) in [7, 11) is 0. The molecule has 1 amide bonds. The molecule has 5 heteroatoms. The second-order valence-corrected chi connectivity index (χ2v) is 5.26. The highest BCUT2D eigenvalue weighted by molar-refractivity contribution is 5.87. The van der Waals surface area contributed by atoms with E-state index >= 15 is 0 Å². The normalized spacial score (nSPS) is 10.9. The van der Waals surface area contributed by atoms with Crippen LogP contribution in [0.4, 0.5) is 10.1 Å². The van der Waals surface area contributed by atoms with Gasteiger partial charge in [-0.2, -0.15) is 5.10 Å². The third-order valence-electron chi connectivity index (χ3n) is 3.48. The molecule has 0 aliphatic carbocycles. The summed E-state index contributed by atoms with van der Waals surface area (Å²) in [5, 5.41) is 9.16. The predicted molar refractivity (Wildman–Crippen MR) is 94.6 cm³/mol. The third-order valence-corrected chi connectivity index (χ3v) is 3.48. The van der Waals surface area contributed by atoms with E-state index in [0.29, 0.717) is 5.56 Å². The largest absolute Gasteiger partial charge is 0.376 e. The quantitative estimate of drug-likeness (QED) is 0.558. The fourth-order valence-electron chi connectivity index (χ4n) is 2.25. The van der Waals surface area contributed by atoms with E-state index in [1.807, 2.05) is 42.5 Å². The summed E-state index contributed by atoms with van der Waals surface area (Å²) < 4.78 is 12.8. The number of fused-ring (bicyclic) bond motifs is 1. The van der Waals surface area contributed by atoms with Crippen LogP contribution in [-0.4, -0.2) is 18.7 Å². The number of hydrogen-bond acceptors (Lipinski definition) is 3. The molecule has 0 fully saturated rings. The number of benzene rings is 3. The van der Waals surface area contributed by atoms with E-state index in [1.54, 1.807) is 12.1 Å². The van der Waals surface area contributed by atoms with Crippen LogP contribution in [0.15, 0.2) is 71.8 Å². The second-order valence-electron chi connectivity index (χ2n) is 5.26. The highest BCUT2D eigenvalue weighted by Gasteiger charge is 2.00. The van der Waals surface area contributed by atoms with Gasteiger partial charge in [0, 0.05) is 5.69 Å². The number of carbonyl (C=O) groups excluding carboxylic acids is 1. The number of hydrogen-bond donors (Lipinski definition) is 2. The molecule has 4 nitrogen and oxygen atoms in total. The van der Waals surface area contributed by atoms with E-state index in [4.69, 9.17) is 0 Å². The number of halogens is 1. The minimum absolute atomic E-state index is 0.110. The monoisotopic (exact) mass is 321 g/mol. The molecule has 0 aliphatic heterocycles. The lowest BCUT2D eigenvalue weighted by molar-refractivity contribution is -0.119. The van der Waals surface area contributed by atoms with Crippen molar-refractivity contribution in [3.05, 3.63) is 78.1 Å². The van der Waals surface area contributed by atoms with Crippen molar-refractivity contribution in [1.82, 2.24) is 5.43 Å². The van der Waals surface area contributed by atoms with E-state index in [1.165, 1.54) is 18.3 Å². The van der Waals surface area contributed by atoms with Crippen molar-refractivity contribution in [2.45, 2.75) is 0 Å². The molecule has 0 heterocycles. The number of nitrogens with one attached hydrogen (secondary N) is 2. The molecule has 0 aliphatic rings.